The Kier molecular flexibility index (Phi) is 4.09. The molecule has 2 aromatic rings. The number of hydrogen-bond acceptors (Lipinski definition) is 5. The Labute approximate surface area is 109 Å². The van der Waals surface area contributed by atoms with Gasteiger partial charge in [0.1, 0.15) is 5.82 Å². The number of fused-ring (bicyclic) bond motifs is 1. The number of nitrogen functional groups attached to an aromatic ring is 1. The van der Waals surface area contributed by atoms with E-state index in [1.807, 2.05) is 18.2 Å². The molecule has 0 radical (unpaired) electrons. The predicted molar refractivity (Wildman–Crippen MR) is 73.3 cm³/mol. The predicted octanol–water partition coefficient (Wildman–Crippen LogP) is 1.94. The number of aromatic amines is 1. The monoisotopic (exact) mass is 265 g/mol. The number of carbonyl (C=O) groups excluding carboxylic acids is 1. The van der Waals surface area contributed by atoms with Crippen molar-refractivity contribution >= 4 is 34.5 Å². The minimum atomic E-state index is -0.181. The average molecular weight is 265 g/mol. The van der Waals surface area contributed by atoms with Crippen molar-refractivity contribution in [2.75, 3.05) is 18.6 Å². The van der Waals surface area contributed by atoms with Crippen LogP contribution < -0.4 is 5.73 Å². The van der Waals surface area contributed by atoms with Gasteiger partial charge >= 0.3 is 5.97 Å². The number of H-pyrrole nitrogens is 1. The van der Waals surface area contributed by atoms with Gasteiger partial charge in [-0.05, 0) is 18.2 Å². The van der Waals surface area contributed by atoms with Gasteiger partial charge in [-0.25, -0.2) is 4.98 Å². The lowest BCUT2D eigenvalue weighted by atomic mass is 10.3. The molecule has 2 rings (SSSR count). The normalized spacial score (nSPS) is 10.7. The van der Waals surface area contributed by atoms with E-state index >= 15 is 0 Å². The van der Waals surface area contributed by atoms with E-state index in [1.54, 1.807) is 11.8 Å². The lowest BCUT2D eigenvalue weighted by molar-refractivity contribution is -0.140. The fourth-order valence-electron chi connectivity index (χ4n) is 1.57. The summed E-state index contributed by atoms with van der Waals surface area (Å²) in [7, 11) is 1.40. The summed E-state index contributed by atoms with van der Waals surface area (Å²) in [6.45, 7) is 0. The van der Waals surface area contributed by atoms with Crippen LogP contribution in [-0.4, -0.2) is 28.8 Å². The second kappa shape index (κ2) is 5.77. The Balaban J connectivity index is 1.90. The highest BCUT2D eigenvalue weighted by Gasteiger charge is 2.04. The molecule has 0 spiro atoms. The van der Waals surface area contributed by atoms with Crippen LogP contribution in [0, 0.1) is 0 Å². The number of benzene rings is 1. The van der Waals surface area contributed by atoms with Crippen LogP contribution in [0.5, 0.6) is 0 Å². The average Bonchev–Trinajstić information content (AvgIpc) is 2.76. The summed E-state index contributed by atoms with van der Waals surface area (Å²) in [4.78, 5) is 18.6. The number of esters is 1. The van der Waals surface area contributed by atoms with Crippen molar-refractivity contribution in [1.29, 1.82) is 0 Å². The molecule has 0 saturated heterocycles. The SMILES string of the molecule is COC(=O)CCSCc1nc2ccc(N)cc2[nH]1. The van der Waals surface area contributed by atoms with Crippen LogP contribution in [0.4, 0.5) is 5.69 Å². The van der Waals surface area contributed by atoms with E-state index in [4.69, 9.17) is 5.73 Å². The highest BCUT2D eigenvalue weighted by molar-refractivity contribution is 7.98. The third-order valence-corrected chi connectivity index (χ3v) is 3.44. The van der Waals surface area contributed by atoms with Gasteiger partial charge in [-0.2, -0.15) is 11.8 Å². The third kappa shape index (κ3) is 3.16. The number of anilines is 1. The van der Waals surface area contributed by atoms with Crippen LogP contribution in [0.25, 0.3) is 11.0 Å². The van der Waals surface area contributed by atoms with Crippen LogP contribution in [-0.2, 0) is 15.3 Å². The number of ether oxygens (including phenoxy) is 1. The number of carbonyl (C=O) groups is 1. The van der Waals surface area contributed by atoms with Crippen LogP contribution in [0.3, 0.4) is 0 Å². The first-order valence-corrected chi connectivity index (χ1v) is 6.73. The number of rotatable bonds is 5. The number of nitrogens with zero attached hydrogens (tertiary/aromatic N) is 1. The largest absolute Gasteiger partial charge is 0.469 e. The van der Waals surface area contributed by atoms with Crippen molar-refractivity contribution in [3.05, 3.63) is 24.0 Å². The maximum Gasteiger partial charge on any atom is 0.306 e. The van der Waals surface area contributed by atoms with Gasteiger partial charge in [0.2, 0.25) is 0 Å². The van der Waals surface area contributed by atoms with Gasteiger partial charge in [-0.1, -0.05) is 0 Å². The summed E-state index contributed by atoms with van der Waals surface area (Å²) in [6, 6.07) is 5.59. The Morgan fingerprint density at radius 3 is 3.17 bits per heavy atom. The Bertz CT molecular complexity index is 553. The van der Waals surface area contributed by atoms with Crippen molar-refractivity contribution in [2.45, 2.75) is 12.2 Å². The van der Waals surface area contributed by atoms with Gasteiger partial charge in [0.25, 0.3) is 0 Å². The lowest BCUT2D eigenvalue weighted by Crippen LogP contribution is -2.01. The Morgan fingerprint density at radius 2 is 2.39 bits per heavy atom. The highest BCUT2D eigenvalue weighted by atomic mass is 32.2. The number of hydrogen-bond donors (Lipinski definition) is 2. The molecule has 5 nitrogen and oxygen atoms in total. The Hall–Kier alpha value is -1.69. The minimum Gasteiger partial charge on any atom is -0.469 e. The van der Waals surface area contributed by atoms with Crippen molar-refractivity contribution in [3.63, 3.8) is 0 Å². The number of methoxy groups -OCH3 is 1. The fraction of sp³-hybridized carbons (Fsp3) is 0.333. The number of aromatic nitrogens is 2. The first-order chi connectivity index (χ1) is 8.69. The topological polar surface area (TPSA) is 81.0 Å². The molecule has 0 amide bonds. The van der Waals surface area contributed by atoms with Crippen LogP contribution >= 0.6 is 11.8 Å². The molecule has 0 atom stereocenters. The van der Waals surface area contributed by atoms with Gasteiger partial charge < -0.3 is 15.5 Å². The molecule has 0 bridgehead atoms. The van der Waals surface area contributed by atoms with E-state index in [0.717, 1.165) is 34.1 Å². The first-order valence-electron chi connectivity index (χ1n) is 5.57. The molecule has 0 aliphatic carbocycles. The van der Waals surface area contributed by atoms with Gasteiger partial charge in [0, 0.05) is 11.4 Å². The molecule has 6 heteroatoms. The fourth-order valence-corrected chi connectivity index (χ4v) is 2.36. The van der Waals surface area contributed by atoms with Gasteiger partial charge in [0.05, 0.1) is 30.3 Å². The van der Waals surface area contributed by atoms with E-state index in [2.05, 4.69) is 14.7 Å². The summed E-state index contributed by atoms with van der Waals surface area (Å²) in [5, 5.41) is 0. The van der Waals surface area contributed by atoms with Crippen LogP contribution in [0.15, 0.2) is 18.2 Å². The smallest absolute Gasteiger partial charge is 0.306 e. The van der Waals surface area contributed by atoms with E-state index in [0.29, 0.717) is 6.42 Å². The standard InChI is InChI=1S/C12H15N3O2S/c1-17-12(16)4-5-18-7-11-14-9-3-2-8(13)6-10(9)15-11/h2-3,6H,4-5,7,13H2,1H3,(H,14,15). The second-order valence-electron chi connectivity index (χ2n) is 3.84. The van der Waals surface area contributed by atoms with Gasteiger partial charge in [-0.3, -0.25) is 4.79 Å². The van der Waals surface area contributed by atoms with Gasteiger partial charge in [-0.15, -0.1) is 0 Å². The van der Waals surface area contributed by atoms with Crippen molar-refractivity contribution in [3.8, 4) is 0 Å². The molecular formula is C12H15N3O2S. The number of nitrogens with two attached hydrogens (primary N) is 1. The summed E-state index contributed by atoms with van der Waals surface area (Å²) >= 11 is 1.64. The quantitative estimate of drug-likeness (QED) is 0.490. The molecule has 1 heterocycles. The number of nitrogens with one attached hydrogen (secondary N) is 1. The lowest BCUT2D eigenvalue weighted by Gasteiger charge is -1.98. The maximum atomic E-state index is 10.9. The maximum absolute atomic E-state index is 10.9. The zero-order chi connectivity index (χ0) is 13.0. The highest BCUT2D eigenvalue weighted by Crippen LogP contribution is 2.18. The van der Waals surface area contributed by atoms with Crippen molar-refractivity contribution < 1.29 is 9.53 Å². The summed E-state index contributed by atoms with van der Waals surface area (Å²) in [5.74, 6) is 2.18. The first kappa shape index (κ1) is 12.8. The molecule has 3 N–H and O–H groups in total. The summed E-state index contributed by atoms with van der Waals surface area (Å²) < 4.78 is 4.57. The zero-order valence-electron chi connectivity index (χ0n) is 10.1. The van der Waals surface area contributed by atoms with E-state index in [-0.39, 0.29) is 5.97 Å². The molecule has 18 heavy (non-hydrogen) atoms. The van der Waals surface area contributed by atoms with Crippen molar-refractivity contribution in [2.24, 2.45) is 0 Å². The molecule has 0 saturated carbocycles. The molecule has 96 valence electrons. The van der Waals surface area contributed by atoms with E-state index in [9.17, 15) is 4.79 Å². The molecule has 0 aliphatic rings. The van der Waals surface area contributed by atoms with E-state index < -0.39 is 0 Å². The zero-order valence-corrected chi connectivity index (χ0v) is 10.9. The molecular weight excluding hydrogens is 250 g/mol. The van der Waals surface area contributed by atoms with Crippen LogP contribution in [0.1, 0.15) is 12.2 Å². The summed E-state index contributed by atoms with van der Waals surface area (Å²) in [6.07, 6.45) is 0.425. The number of thioether (sulfide) groups is 1. The molecule has 1 aromatic carbocycles. The molecule has 0 fully saturated rings. The summed E-state index contributed by atoms with van der Waals surface area (Å²) in [5.41, 5.74) is 8.27. The number of imidazole rings is 1. The van der Waals surface area contributed by atoms with E-state index in [1.165, 1.54) is 7.11 Å². The second-order valence-corrected chi connectivity index (χ2v) is 4.94. The van der Waals surface area contributed by atoms with Gasteiger partial charge in [0.15, 0.2) is 0 Å². The Morgan fingerprint density at radius 1 is 1.56 bits per heavy atom. The van der Waals surface area contributed by atoms with Crippen LogP contribution in [0.2, 0.25) is 0 Å². The molecule has 0 unspecified atom stereocenters. The minimum absolute atomic E-state index is 0.181. The third-order valence-electron chi connectivity index (χ3n) is 2.47. The van der Waals surface area contributed by atoms with Crippen molar-refractivity contribution in [1.82, 2.24) is 9.97 Å². The molecule has 0 aliphatic heterocycles. The molecule has 1 aromatic heterocycles.